The van der Waals surface area contributed by atoms with Gasteiger partial charge >= 0.3 is 0 Å². The van der Waals surface area contributed by atoms with Gasteiger partial charge in [0.15, 0.2) is 10.3 Å². The Bertz CT molecular complexity index is 739. The smallest absolute Gasteiger partial charge is 0.292 e. The highest BCUT2D eigenvalue weighted by atomic mass is 35.5. The number of nitrogens with zero attached hydrogens (tertiary/aromatic N) is 3. The highest BCUT2D eigenvalue weighted by molar-refractivity contribution is 6.34. The molecule has 1 aromatic carbocycles. The van der Waals surface area contributed by atoms with Crippen LogP contribution in [-0.4, -0.2) is 21.0 Å². The van der Waals surface area contributed by atoms with Gasteiger partial charge in [0.25, 0.3) is 11.6 Å². The minimum absolute atomic E-state index is 0.0369. The third-order valence-corrected chi connectivity index (χ3v) is 3.07. The number of halogens is 3. The molecule has 7 nitrogen and oxygen atoms in total. The Morgan fingerprint density at radius 2 is 1.90 bits per heavy atom. The first-order chi connectivity index (χ1) is 9.88. The van der Waals surface area contributed by atoms with E-state index in [1.165, 1.54) is 24.3 Å². The first-order valence-corrected chi connectivity index (χ1v) is 6.46. The second-order valence-electron chi connectivity index (χ2n) is 3.74. The van der Waals surface area contributed by atoms with Crippen LogP contribution in [0, 0.1) is 10.1 Å². The molecule has 10 heteroatoms. The topological polar surface area (TPSA) is 98.0 Å². The van der Waals surface area contributed by atoms with E-state index < -0.39 is 10.8 Å². The van der Waals surface area contributed by atoms with E-state index in [9.17, 15) is 14.9 Å². The number of carbonyl (C=O) groups excluding carboxylic acids is 1. The van der Waals surface area contributed by atoms with Crippen LogP contribution in [-0.2, 0) is 0 Å². The van der Waals surface area contributed by atoms with Crippen LogP contribution in [0.5, 0.6) is 0 Å². The van der Waals surface area contributed by atoms with Gasteiger partial charge in [0.05, 0.1) is 10.5 Å². The molecular weight excluding hydrogens is 343 g/mol. The van der Waals surface area contributed by atoms with Crippen molar-refractivity contribution in [3.8, 4) is 0 Å². The first-order valence-electron chi connectivity index (χ1n) is 5.32. The molecule has 21 heavy (non-hydrogen) atoms. The molecule has 108 valence electrons. The van der Waals surface area contributed by atoms with Gasteiger partial charge in [0.1, 0.15) is 5.69 Å². The molecule has 1 aromatic heterocycles. The quantitative estimate of drug-likeness (QED) is 0.675. The van der Waals surface area contributed by atoms with Gasteiger partial charge < -0.3 is 5.32 Å². The molecule has 0 fully saturated rings. The van der Waals surface area contributed by atoms with E-state index in [4.69, 9.17) is 34.8 Å². The van der Waals surface area contributed by atoms with Gasteiger partial charge in [-0.25, -0.2) is 0 Å². The van der Waals surface area contributed by atoms with Crippen LogP contribution >= 0.6 is 34.8 Å². The lowest BCUT2D eigenvalue weighted by atomic mass is 10.2. The van der Waals surface area contributed by atoms with Gasteiger partial charge in [0, 0.05) is 11.1 Å². The number of rotatable bonds is 3. The average Bonchev–Trinajstić information content (AvgIpc) is 2.41. The zero-order valence-corrected chi connectivity index (χ0v) is 12.3. The maximum absolute atomic E-state index is 12.1. The Labute approximate surface area is 133 Å². The van der Waals surface area contributed by atoms with Crippen LogP contribution < -0.4 is 5.32 Å². The number of aromatic nitrogens is 2. The molecule has 0 bridgehead atoms. The van der Waals surface area contributed by atoms with Crippen molar-refractivity contribution in [3.05, 3.63) is 55.3 Å². The fourth-order valence-electron chi connectivity index (χ4n) is 1.47. The van der Waals surface area contributed by atoms with Crippen molar-refractivity contribution in [2.45, 2.75) is 0 Å². The fourth-order valence-corrected chi connectivity index (χ4v) is 1.97. The Morgan fingerprint density at radius 1 is 1.19 bits per heavy atom. The number of nitro benzene ring substituents is 1. The van der Waals surface area contributed by atoms with Crippen LogP contribution in [0.15, 0.2) is 24.3 Å². The number of carbonyl (C=O) groups is 1. The summed E-state index contributed by atoms with van der Waals surface area (Å²) in [6, 6.07) is 4.97. The highest BCUT2D eigenvalue weighted by Crippen LogP contribution is 2.28. The first kappa shape index (κ1) is 15.4. The van der Waals surface area contributed by atoms with Gasteiger partial charge in [-0.15, -0.1) is 10.2 Å². The summed E-state index contributed by atoms with van der Waals surface area (Å²) in [6.45, 7) is 0. The summed E-state index contributed by atoms with van der Waals surface area (Å²) in [7, 11) is 0. The number of nitro groups is 1. The lowest BCUT2D eigenvalue weighted by Gasteiger charge is -2.07. The lowest BCUT2D eigenvalue weighted by molar-refractivity contribution is -0.383. The molecule has 0 radical (unpaired) electrons. The second-order valence-corrected chi connectivity index (χ2v) is 4.93. The normalized spacial score (nSPS) is 10.2. The molecule has 1 N–H and O–H groups in total. The summed E-state index contributed by atoms with van der Waals surface area (Å²) in [5, 5.41) is 20.2. The third-order valence-electron chi connectivity index (χ3n) is 2.37. The third kappa shape index (κ3) is 3.57. The van der Waals surface area contributed by atoms with E-state index in [-0.39, 0.29) is 32.3 Å². The Kier molecular flexibility index (Phi) is 4.56. The maximum Gasteiger partial charge on any atom is 0.292 e. The molecule has 0 saturated heterocycles. The van der Waals surface area contributed by atoms with Crippen molar-refractivity contribution in [1.82, 2.24) is 10.2 Å². The standard InChI is InChI=1S/C11H5Cl3N4O3/c12-5-1-2-8(18(20)21)7(3-5)15-11(19)6-4-9(13)16-17-10(6)14/h1-4H,(H,15,19). The summed E-state index contributed by atoms with van der Waals surface area (Å²) in [5.74, 6) is -0.720. The van der Waals surface area contributed by atoms with Crippen LogP contribution in [0.3, 0.4) is 0 Å². The SMILES string of the molecule is O=C(Nc1cc(Cl)ccc1[N+](=O)[O-])c1cc(Cl)nnc1Cl. The Balaban J connectivity index is 2.38. The van der Waals surface area contributed by atoms with Gasteiger partial charge in [-0.05, 0) is 18.2 Å². The summed E-state index contributed by atoms with van der Waals surface area (Å²) in [5.41, 5.74) is -0.440. The van der Waals surface area contributed by atoms with Crippen LogP contribution in [0.4, 0.5) is 11.4 Å². The van der Waals surface area contributed by atoms with Crippen molar-refractivity contribution in [2.75, 3.05) is 5.32 Å². The molecule has 2 aromatic rings. The Morgan fingerprint density at radius 3 is 2.57 bits per heavy atom. The minimum atomic E-state index is -0.720. The molecule has 0 aliphatic heterocycles. The van der Waals surface area contributed by atoms with Crippen molar-refractivity contribution in [2.24, 2.45) is 0 Å². The van der Waals surface area contributed by atoms with E-state index in [0.717, 1.165) is 0 Å². The zero-order chi connectivity index (χ0) is 15.6. The fraction of sp³-hybridized carbons (Fsp3) is 0. The van der Waals surface area contributed by atoms with Gasteiger partial charge in [-0.2, -0.15) is 0 Å². The predicted molar refractivity (Wildman–Crippen MR) is 78.1 cm³/mol. The maximum atomic E-state index is 12.1. The van der Waals surface area contributed by atoms with Gasteiger partial charge in [-0.1, -0.05) is 34.8 Å². The number of nitrogens with one attached hydrogen (secondary N) is 1. The zero-order valence-electron chi connectivity index (χ0n) is 10.0. The number of hydrogen-bond donors (Lipinski definition) is 1. The van der Waals surface area contributed by atoms with E-state index >= 15 is 0 Å². The van der Waals surface area contributed by atoms with Crippen molar-refractivity contribution < 1.29 is 9.72 Å². The lowest BCUT2D eigenvalue weighted by Crippen LogP contribution is -2.14. The van der Waals surface area contributed by atoms with Crippen LogP contribution in [0.25, 0.3) is 0 Å². The molecule has 1 amide bonds. The second kappa shape index (κ2) is 6.21. The monoisotopic (exact) mass is 346 g/mol. The predicted octanol–water partition coefficient (Wildman–Crippen LogP) is 3.60. The van der Waals surface area contributed by atoms with E-state index in [2.05, 4.69) is 15.5 Å². The van der Waals surface area contributed by atoms with Gasteiger partial charge in [-0.3, -0.25) is 14.9 Å². The van der Waals surface area contributed by atoms with E-state index in [1.807, 2.05) is 0 Å². The minimum Gasteiger partial charge on any atom is -0.316 e. The molecule has 0 aliphatic rings. The van der Waals surface area contributed by atoms with Crippen LogP contribution in [0.1, 0.15) is 10.4 Å². The average molecular weight is 348 g/mol. The summed E-state index contributed by atoms with van der Waals surface area (Å²) < 4.78 is 0. The molecule has 0 aliphatic carbocycles. The largest absolute Gasteiger partial charge is 0.316 e. The molecule has 0 spiro atoms. The summed E-state index contributed by atoms with van der Waals surface area (Å²) in [6.07, 6.45) is 0. The number of anilines is 1. The molecule has 0 saturated carbocycles. The van der Waals surface area contributed by atoms with Crippen molar-refractivity contribution in [3.63, 3.8) is 0 Å². The van der Waals surface area contributed by atoms with Crippen molar-refractivity contribution in [1.29, 1.82) is 0 Å². The highest BCUT2D eigenvalue weighted by Gasteiger charge is 2.19. The van der Waals surface area contributed by atoms with Crippen molar-refractivity contribution >= 4 is 52.1 Å². The molecule has 2 rings (SSSR count). The summed E-state index contributed by atoms with van der Waals surface area (Å²) in [4.78, 5) is 22.4. The van der Waals surface area contributed by atoms with E-state index in [1.54, 1.807) is 0 Å². The number of hydrogen-bond acceptors (Lipinski definition) is 5. The van der Waals surface area contributed by atoms with E-state index in [0.29, 0.717) is 0 Å². The number of benzene rings is 1. The molecular formula is C11H5Cl3N4O3. The molecule has 0 unspecified atom stereocenters. The number of amides is 1. The Hall–Kier alpha value is -1.96. The summed E-state index contributed by atoms with van der Waals surface area (Å²) >= 11 is 17.1. The van der Waals surface area contributed by atoms with Gasteiger partial charge in [0.2, 0.25) is 0 Å². The molecule has 1 heterocycles. The van der Waals surface area contributed by atoms with Crippen LogP contribution in [0.2, 0.25) is 15.3 Å². The molecule has 0 atom stereocenters.